The zero-order valence-corrected chi connectivity index (χ0v) is 10.9. The lowest BCUT2D eigenvalue weighted by molar-refractivity contribution is 0.0421. The van der Waals surface area contributed by atoms with Crippen LogP contribution in [0.15, 0.2) is 18.2 Å². The van der Waals surface area contributed by atoms with Crippen molar-refractivity contribution in [1.82, 2.24) is 4.90 Å². The molecule has 100 valence electrons. The molecule has 0 bridgehead atoms. The molecule has 0 atom stereocenters. The standard InChI is InChI=1S/C13H19FN2O2/c1-13(2,18)8-16(3)7-10-6-9(12(15)17)4-5-11(10)14/h4-6,18H,7-8H2,1-3H3,(H2,15,17). The first kappa shape index (κ1) is 14.6. The Balaban J connectivity index is 2.83. The Bertz CT molecular complexity index is 441. The summed E-state index contributed by atoms with van der Waals surface area (Å²) in [6, 6.07) is 4.03. The van der Waals surface area contributed by atoms with Crippen molar-refractivity contribution in [3.8, 4) is 0 Å². The summed E-state index contributed by atoms with van der Waals surface area (Å²) in [5, 5.41) is 9.67. The number of carbonyl (C=O) groups excluding carboxylic acids is 1. The number of aliphatic hydroxyl groups is 1. The lowest BCUT2D eigenvalue weighted by Crippen LogP contribution is -2.36. The van der Waals surface area contributed by atoms with Crippen LogP contribution in [0, 0.1) is 5.82 Å². The van der Waals surface area contributed by atoms with Crippen LogP contribution in [0.5, 0.6) is 0 Å². The number of likely N-dealkylation sites (N-methyl/N-ethyl adjacent to an activating group) is 1. The quantitative estimate of drug-likeness (QED) is 0.827. The van der Waals surface area contributed by atoms with Gasteiger partial charge in [0.2, 0.25) is 5.91 Å². The van der Waals surface area contributed by atoms with Crippen LogP contribution in [-0.4, -0.2) is 35.1 Å². The summed E-state index contributed by atoms with van der Waals surface area (Å²) in [6.45, 7) is 4.06. The van der Waals surface area contributed by atoms with Crippen molar-refractivity contribution < 1.29 is 14.3 Å². The molecule has 0 heterocycles. The van der Waals surface area contributed by atoms with E-state index in [0.717, 1.165) is 0 Å². The largest absolute Gasteiger partial charge is 0.389 e. The number of amides is 1. The minimum atomic E-state index is -0.855. The molecule has 0 saturated heterocycles. The summed E-state index contributed by atoms with van der Waals surface area (Å²) in [5.41, 5.74) is 4.96. The van der Waals surface area contributed by atoms with Gasteiger partial charge in [0.15, 0.2) is 0 Å². The van der Waals surface area contributed by atoms with E-state index in [4.69, 9.17) is 5.73 Å². The predicted octanol–water partition coefficient (Wildman–Crippen LogP) is 1.13. The van der Waals surface area contributed by atoms with Crippen molar-refractivity contribution in [3.05, 3.63) is 35.1 Å². The van der Waals surface area contributed by atoms with Crippen molar-refractivity contribution in [2.45, 2.75) is 26.0 Å². The van der Waals surface area contributed by atoms with Crippen LogP contribution < -0.4 is 5.73 Å². The first-order chi connectivity index (χ1) is 8.19. The topological polar surface area (TPSA) is 66.6 Å². The second kappa shape index (κ2) is 5.46. The maximum Gasteiger partial charge on any atom is 0.248 e. The van der Waals surface area contributed by atoms with Crippen molar-refractivity contribution in [3.63, 3.8) is 0 Å². The summed E-state index contributed by atoms with van der Waals surface area (Å²) in [6.07, 6.45) is 0. The van der Waals surface area contributed by atoms with Gasteiger partial charge in [0.1, 0.15) is 5.82 Å². The van der Waals surface area contributed by atoms with Crippen LogP contribution in [0.2, 0.25) is 0 Å². The Kier molecular flexibility index (Phi) is 4.43. The summed E-state index contributed by atoms with van der Waals surface area (Å²) >= 11 is 0. The molecule has 0 saturated carbocycles. The molecule has 1 amide bonds. The molecule has 0 aliphatic heterocycles. The van der Waals surface area contributed by atoms with Crippen LogP contribution in [0.4, 0.5) is 4.39 Å². The number of primary amides is 1. The second-order valence-corrected chi connectivity index (χ2v) is 5.16. The zero-order chi connectivity index (χ0) is 13.9. The van der Waals surface area contributed by atoms with Crippen LogP contribution in [-0.2, 0) is 6.54 Å². The number of hydrogen-bond acceptors (Lipinski definition) is 3. The van der Waals surface area contributed by atoms with Crippen molar-refractivity contribution in [2.75, 3.05) is 13.6 Å². The molecule has 0 radical (unpaired) electrons. The van der Waals surface area contributed by atoms with E-state index in [-0.39, 0.29) is 11.4 Å². The molecule has 0 unspecified atom stereocenters. The van der Waals surface area contributed by atoms with Crippen molar-refractivity contribution in [2.24, 2.45) is 5.73 Å². The Labute approximate surface area is 106 Å². The van der Waals surface area contributed by atoms with E-state index in [1.165, 1.54) is 18.2 Å². The Morgan fingerprint density at radius 2 is 2.11 bits per heavy atom. The lowest BCUT2D eigenvalue weighted by atomic mass is 10.1. The highest BCUT2D eigenvalue weighted by Gasteiger charge is 2.17. The normalized spacial score (nSPS) is 11.9. The molecular formula is C13H19FN2O2. The van der Waals surface area contributed by atoms with Crippen LogP contribution >= 0.6 is 0 Å². The zero-order valence-electron chi connectivity index (χ0n) is 10.9. The average molecular weight is 254 g/mol. The lowest BCUT2D eigenvalue weighted by Gasteiger charge is -2.25. The number of hydrogen-bond donors (Lipinski definition) is 2. The predicted molar refractivity (Wildman–Crippen MR) is 67.5 cm³/mol. The summed E-state index contributed by atoms with van der Waals surface area (Å²) in [4.78, 5) is 12.8. The molecule has 0 aromatic heterocycles. The highest BCUT2D eigenvalue weighted by Crippen LogP contribution is 2.14. The number of benzene rings is 1. The smallest absolute Gasteiger partial charge is 0.248 e. The molecule has 0 spiro atoms. The molecule has 0 fully saturated rings. The average Bonchev–Trinajstić information content (AvgIpc) is 2.18. The third kappa shape index (κ3) is 4.43. The Hall–Kier alpha value is -1.46. The van der Waals surface area contributed by atoms with Gasteiger partial charge in [-0.25, -0.2) is 4.39 Å². The Morgan fingerprint density at radius 1 is 1.50 bits per heavy atom. The van der Waals surface area contributed by atoms with Crippen molar-refractivity contribution in [1.29, 1.82) is 0 Å². The van der Waals surface area contributed by atoms with E-state index in [2.05, 4.69) is 0 Å². The van der Waals surface area contributed by atoms with Gasteiger partial charge in [-0.15, -0.1) is 0 Å². The number of rotatable bonds is 5. The Morgan fingerprint density at radius 3 is 2.61 bits per heavy atom. The minimum Gasteiger partial charge on any atom is -0.389 e. The first-order valence-corrected chi connectivity index (χ1v) is 5.68. The van der Waals surface area contributed by atoms with Gasteiger partial charge in [-0.05, 0) is 39.1 Å². The van der Waals surface area contributed by atoms with Gasteiger partial charge >= 0.3 is 0 Å². The number of nitrogens with two attached hydrogens (primary N) is 1. The molecule has 5 heteroatoms. The molecule has 1 aromatic carbocycles. The maximum absolute atomic E-state index is 13.6. The van der Waals surface area contributed by atoms with E-state index in [9.17, 15) is 14.3 Å². The van der Waals surface area contributed by atoms with Gasteiger partial charge in [0.05, 0.1) is 5.60 Å². The summed E-state index contributed by atoms with van der Waals surface area (Å²) < 4.78 is 13.6. The van der Waals surface area contributed by atoms with Gasteiger partial charge in [-0.1, -0.05) is 0 Å². The molecule has 0 aliphatic carbocycles. The fraction of sp³-hybridized carbons (Fsp3) is 0.462. The van der Waals surface area contributed by atoms with Crippen LogP contribution in [0.25, 0.3) is 0 Å². The fourth-order valence-corrected chi connectivity index (χ4v) is 1.86. The molecule has 1 rings (SSSR count). The third-order valence-corrected chi connectivity index (χ3v) is 2.43. The molecule has 1 aromatic rings. The van der Waals surface area contributed by atoms with E-state index >= 15 is 0 Å². The molecule has 0 aliphatic rings. The minimum absolute atomic E-state index is 0.281. The monoisotopic (exact) mass is 254 g/mol. The van der Waals surface area contributed by atoms with Crippen LogP contribution in [0.3, 0.4) is 0 Å². The van der Waals surface area contributed by atoms with Gasteiger partial charge in [-0.3, -0.25) is 9.69 Å². The van der Waals surface area contributed by atoms with Crippen LogP contribution in [0.1, 0.15) is 29.8 Å². The fourth-order valence-electron chi connectivity index (χ4n) is 1.86. The first-order valence-electron chi connectivity index (χ1n) is 5.68. The van der Waals surface area contributed by atoms with E-state index in [1.54, 1.807) is 25.8 Å². The number of carbonyl (C=O) groups is 1. The van der Waals surface area contributed by atoms with Gasteiger partial charge < -0.3 is 10.8 Å². The van der Waals surface area contributed by atoms with E-state index in [1.807, 2.05) is 0 Å². The SMILES string of the molecule is CN(Cc1cc(C(N)=O)ccc1F)CC(C)(C)O. The highest BCUT2D eigenvalue weighted by atomic mass is 19.1. The number of halogens is 1. The molecule has 4 nitrogen and oxygen atoms in total. The highest BCUT2D eigenvalue weighted by molar-refractivity contribution is 5.92. The summed E-state index contributed by atoms with van der Waals surface area (Å²) in [5.74, 6) is -0.969. The van der Waals surface area contributed by atoms with Gasteiger partial charge in [0, 0.05) is 24.2 Å². The van der Waals surface area contributed by atoms with E-state index < -0.39 is 11.5 Å². The molecular weight excluding hydrogens is 235 g/mol. The van der Waals surface area contributed by atoms with E-state index in [0.29, 0.717) is 18.7 Å². The van der Waals surface area contributed by atoms with Gasteiger partial charge in [0.25, 0.3) is 0 Å². The van der Waals surface area contributed by atoms with Gasteiger partial charge in [-0.2, -0.15) is 0 Å². The number of nitrogens with zero attached hydrogens (tertiary/aromatic N) is 1. The molecule has 3 N–H and O–H groups in total. The summed E-state index contributed by atoms with van der Waals surface area (Å²) in [7, 11) is 1.77. The molecule has 18 heavy (non-hydrogen) atoms. The second-order valence-electron chi connectivity index (χ2n) is 5.16. The maximum atomic E-state index is 13.6. The third-order valence-electron chi connectivity index (χ3n) is 2.43. The van der Waals surface area contributed by atoms with Crippen molar-refractivity contribution >= 4 is 5.91 Å².